The second-order valence-electron chi connectivity index (χ2n) is 19.3. The fourth-order valence-electron chi connectivity index (χ4n) is 12.7. The van der Waals surface area contributed by atoms with Gasteiger partial charge in [-0.05, 0) is 141 Å². The number of Topliss-reactive ketones (excluding diaryl/α,β-unsaturated/α-hetero) is 1. The summed E-state index contributed by atoms with van der Waals surface area (Å²) in [6, 6.07) is 0. The topological polar surface area (TPSA) is 119 Å². The van der Waals surface area contributed by atoms with Crippen molar-refractivity contribution < 1.29 is 33.8 Å². The predicted octanol–water partition coefficient (Wildman–Crippen LogP) is 8.75. The highest BCUT2D eigenvalue weighted by Crippen LogP contribution is 2.76. The van der Waals surface area contributed by atoms with Gasteiger partial charge < -0.3 is 19.9 Å². The molecule has 1 aliphatic heterocycles. The summed E-state index contributed by atoms with van der Waals surface area (Å²) < 4.78 is 12.1. The van der Waals surface area contributed by atoms with Crippen molar-refractivity contribution in [2.45, 2.75) is 157 Å². The van der Waals surface area contributed by atoms with Crippen LogP contribution in [0.2, 0.25) is 0 Å². The lowest BCUT2D eigenvalue weighted by molar-refractivity contribution is -0.232. The Bertz CT molecular complexity index is 1450. The van der Waals surface area contributed by atoms with E-state index in [9.17, 15) is 24.3 Å². The molecule has 8 atom stereocenters. The molecule has 8 nitrogen and oxygen atoms in total. The van der Waals surface area contributed by atoms with Crippen LogP contribution in [0.5, 0.6) is 0 Å². The molecule has 1 heterocycles. The van der Waals surface area contributed by atoms with Crippen molar-refractivity contribution in [2.24, 2.45) is 50.7 Å². The lowest BCUT2D eigenvalue weighted by Gasteiger charge is -2.72. The van der Waals surface area contributed by atoms with E-state index >= 15 is 0 Å². The number of amides is 1. The maximum Gasteiger partial charge on any atom is 0.408 e. The minimum Gasteiger partial charge on any atom is -0.481 e. The summed E-state index contributed by atoms with van der Waals surface area (Å²) >= 11 is 1.91. The standard InChI is InChI=1S/C41H63NO7S/c1-24(2)32-27(43)22-41(42-35(47)48-25-14-20-50-21-15-25)19-18-39(8)26(33(32)41)10-11-29-38(7)16-13-30(49-31(44)23-36(3,4)34(45)46)37(5,6)28(38)12-17-40(29,39)9/h24-26,28-30H,10-23H2,1-9H3,(H,42,47)(H,45,46)/t26?,28?,29?,30-,38-,39+,40+,41+/m0/s1. The molecule has 0 spiro atoms. The van der Waals surface area contributed by atoms with Crippen LogP contribution in [0, 0.1) is 50.7 Å². The number of esters is 1. The van der Waals surface area contributed by atoms with Gasteiger partial charge in [-0.1, -0.05) is 48.5 Å². The molecule has 50 heavy (non-hydrogen) atoms. The molecule has 3 unspecified atom stereocenters. The molecule has 280 valence electrons. The molecule has 4 saturated carbocycles. The number of alkyl carbamates (subject to hydrolysis) is 1. The number of hydrogen-bond donors (Lipinski definition) is 2. The summed E-state index contributed by atoms with van der Waals surface area (Å²) in [5.41, 5.74) is 0.162. The molecule has 6 rings (SSSR count). The van der Waals surface area contributed by atoms with Crippen molar-refractivity contribution in [3.05, 3.63) is 11.1 Å². The highest BCUT2D eigenvalue weighted by Gasteiger charge is 2.70. The Morgan fingerprint density at radius 2 is 1.56 bits per heavy atom. The Hall–Kier alpha value is -2.03. The molecule has 0 aromatic rings. The van der Waals surface area contributed by atoms with E-state index in [0.717, 1.165) is 81.3 Å². The van der Waals surface area contributed by atoms with E-state index in [1.54, 1.807) is 13.8 Å². The second-order valence-corrected chi connectivity index (χ2v) is 20.5. The van der Waals surface area contributed by atoms with Gasteiger partial charge in [0.2, 0.25) is 0 Å². The van der Waals surface area contributed by atoms with Gasteiger partial charge in [0.05, 0.1) is 17.4 Å². The van der Waals surface area contributed by atoms with Gasteiger partial charge in [-0.25, -0.2) is 4.79 Å². The number of ketones is 1. The number of carboxylic acids is 1. The molecule has 9 heteroatoms. The number of rotatable bonds is 7. The van der Waals surface area contributed by atoms with Crippen LogP contribution < -0.4 is 5.32 Å². The Morgan fingerprint density at radius 1 is 0.880 bits per heavy atom. The number of fused-ring (bicyclic) bond motifs is 7. The van der Waals surface area contributed by atoms with Crippen LogP contribution in [0.4, 0.5) is 4.79 Å². The summed E-state index contributed by atoms with van der Waals surface area (Å²) in [5.74, 6) is 1.95. The smallest absolute Gasteiger partial charge is 0.408 e. The number of hydrogen-bond acceptors (Lipinski definition) is 7. The van der Waals surface area contributed by atoms with E-state index in [2.05, 4.69) is 53.8 Å². The number of allylic oxidation sites excluding steroid dienone is 1. The first-order valence-corrected chi connectivity index (χ1v) is 20.6. The largest absolute Gasteiger partial charge is 0.481 e. The van der Waals surface area contributed by atoms with Crippen molar-refractivity contribution in [3.63, 3.8) is 0 Å². The van der Waals surface area contributed by atoms with Crippen LogP contribution in [0.3, 0.4) is 0 Å². The molecule has 1 saturated heterocycles. The van der Waals surface area contributed by atoms with E-state index in [1.807, 2.05) is 11.8 Å². The second kappa shape index (κ2) is 12.8. The van der Waals surface area contributed by atoms with E-state index in [4.69, 9.17) is 9.47 Å². The summed E-state index contributed by atoms with van der Waals surface area (Å²) in [6.45, 7) is 19.5. The van der Waals surface area contributed by atoms with Gasteiger partial charge in [-0.15, -0.1) is 0 Å². The van der Waals surface area contributed by atoms with E-state index in [1.165, 1.54) is 5.57 Å². The predicted molar refractivity (Wildman–Crippen MR) is 196 cm³/mol. The first-order valence-electron chi connectivity index (χ1n) is 19.5. The van der Waals surface area contributed by atoms with Gasteiger partial charge in [0.15, 0.2) is 5.78 Å². The Labute approximate surface area is 304 Å². The van der Waals surface area contributed by atoms with Gasteiger partial charge in [-0.2, -0.15) is 11.8 Å². The molecule has 5 fully saturated rings. The minimum absolute atomic E-state index is 0.0322. The van der Waals surface area contributed by atoms with Crippen LogP contribution in [0.15, 0.2) is 11.1 Å². The normalized spacial score (nSPS) is 39.9. The fourth-order valence-corrected chi connectivity index (χ4v) is 13.8. The molecule has 0 radical (unpaired) electrons. The van der Waals surface area contributed by atoms with Crippen LogP contribution in [-0.4, -0.2) is 58.2 Å². The SMILES string of the molecule is CC(C)C1=C2C3CCC4[C@@]5(C)CC[C@H](OC(=O)CC(C)(C)C(=O)O)C(C)(C)C5CC[C@@]4(C)[C@]3(C)CC[C@@]2(NC(=O)OC2CCSCC2)CC1=O. The van der Waals surface area contributed by atoms with Crippen LogP contribution in [-0.2, 0) is 23.9 Å². The Morgan fingerprint density at radius 3 is 2.20 bits per heavy atom. The first kappa shape index (κ1) is 37.7. The zero-order chi connectivity index (χ0) is 36.7. The summed E-state index contributed by atoms with van der Waals surface area (Å²) in [4.78, 5) is 52.2. The highest BCUT2D eigenvalue weighted by atomic mass is 32.2. The maximum absolute atomic E-state index is 13.9. The zero-order valence-corrected chi connectivity index (χ0v) is 33.0. The third-order valence-electron chi connectivity index (χ3n) is 15.6. The molecular formula is C41H63NO7S. The third kappa shape index (κ3) is 5.86. The third-order valence-corrected chi connectivity index (χ3v) is 16.6. The summed E-state index contributed by atoms with van der Waals surface area (Å²) in [7, 11) is 0. The van der Waals surface area contributed by atoms with Crippen molar-refractivity contribution in [3.8, 4) is 0 Å². The lowest BCUT2D eigenvalue weighted by atomic mass is 9.33. The average Bonchev–Trinajstić information content (AvgIpc) is 3.30. The number of nitrogens with one attached hydrogen (secondary N) is 1. The summed E-state index contributed by atoms with van der Waals surface area (Å²) in [6.07, 6.45) is 8.95. The molecule has 1 amide bonds. The molecule has 0 aromatic carbocycles. The van der Waals surface area contributed by atoms with Gasteiger partial charge >= 0.3 is 18.0 Å². The van der Waals surface area contributed by atoms with E-state index in [-0.39, 0.29) is 64.0 Å². The first-order chi connectivity index (χ1) is 23.2. The number of carbonyl (C=O) groups excluding carboxylic acids is 3. The van der Waals surface area contributed by atoms with Crippen molar-refractivity contribution in [1.82, 2.24) is 5.32 Å². The van der Waals surface area contributed by atoms with Crippen molar-refractivity contribution in [1.29, 1.82) is 0 Å². The van der Waals surface area contributed by atoms with E-state index in [0.29, 0.717) is 18.3 Å². The monoisotopic (exact) mass is 713 g/mol. The lowest BCUT2D eigenvalue weighted by Crippen LogP contribution is -2.67. The Balaban J connectivity index is 1.27. The molecule has 5 aliphatic carbocycles. The molecule has 6 aliphatic rings. The number of carbonyl (C=O) groups is 4. The van der Waals surface area contributed by atoms with E-state index < -0.39 is 22.9 Å². The van der Waals surface area contributed by atoms with Crippen LogP contribution in [0.1, 0.15) is 139 Å². The van der Waals surface area contributed by atoms with Crippen molar-refractivity contribution >= 4 is 35.6 Å². The number of aliphatic carboxylic acids is 1. The molecule has 0 bridgehead atoms. The van der Waals surface area contributed by atoms with Crippen LogP contribution >= 0.6 is 11.8 Å². The maximum atomic E-state index is 13.9. The van der Waals surface area contributed by atoms with Gasteiger partial charge in [0, 0.05) is 11.8 Å². The highest BCUT2D eigenvalue weighted by molar-refractivity contribution is 7.99. The van der Waals surface area contributed by atoms with Crippen molar-refractivity contribution in [2.75, 3.05) is 11.5 Å². The molecular weight excluding hydrogens is 651 g/mol. The minimum atomic E-state index is -1.16. The number of ether oxygens (including phenoxy) is 2. The number of carboxylic acid groups (broad SMARTS) is 1. The quantitative estimate of drug-likeness (QED) is 0.252. The summed E-state index contributed by atoms with van der Waals surface area (Å²) in [5, 5.41) is 13.0. The van der Waals surface area contributed by atoms with Gasteiger partial charge in [0.1, 0.15) is 12.2 Å². The molecule has 2 N–H and O–H groups in total. The average molecular weight is 714 g/mol. The Kier molecular flexibility index (Phi) is 9.68. The zero-order valence-electron chi connectivity index (χ0n) is 32.2. The number of thioether (sulfide) groups is 1. The van der Waals surface area contributed by atoms with Gasteiger partial charge in [0.25, 0.3) is 0 Å². The molecule has 0 aromatic heterocycles. The fraction of sp³-hybridized carbons (Fsp3) is 0.854. The van der Waals surface area contributed by atoms with Crippen LogP contribution in [0.25, 0.3) is 0 Å². The van der Waals surface area contributed by atoms with Gasteiger partial charge in [-0.3, -0.25) is 14.4 Å².